The van der Waals surface area contributed by atoms with Crippen molar-refractivity contribution < 1.29 is 24.5 Å². The highest BCUT2D eigenvalue weighted by Crippen LogP contribution is 2.18. The molecule has 1 aliphatic heterocycles. The fraction of sp³-hybridized carbons (Fsp3) is 0.333. The van der Waals surface area contributed by atoms with Gasteiger partial charge >= 0.3 is 0 Å². The highest BCUT2D eigenvalue weighted by Gasteiger charge is 2.28. The lowest BCUT2D eigenvalue weighted by molar-refractivity contribution is -0.918. The van der Waals surface area contributed by atoms with Gasteiger partial charge in [0.05, 0.1) is 19.3 Å². The van der Waals surface area contributed by atoms with E-state index in [-0.39, 0.29) is 28.6 Å². The van der Waals surface area contributed by atoms with Gasteiger partial charge in [0, 0.05) is 13.1 Å². The van der Waals surface area contributed by atoms with Gasteiger partial charge in [-0.2, -0.15) is 9.78 Å². The molecule has 2 aromatic heterocycles. The summed E-state index contributed by atoms with van der Waals surface area (Å²) in [7, 11) is 2.06. The monoisotopic (exact) mass is 442 g/mol. The number of carbonyl (C=O) groups excluding carboxylic acids is 1. The van der Waals surface area contributed by atoms with Gasteiger partial charge in [-0.1, -0.05) is 17.0 Å². The van der Waals surface area contributed by atoms with E-state index >= 15 is 0 Å². The van der Waals surface area contributed by atoms with Crippen molar-refractivity contribution in [3.05, 3.63) is 35.2 Å². The van der Waals surface area contributed by atoms with E-state index in [1.165, 1.54) is 27.9 Å². The fourth-order valence-electron chi connectivity index (χ4n) is 3.34. The van der Waals surface area contributed by atoms with Crippen LogP contribution in [0.15, 0.2) is 27.9 Å². The Hall–Kier alpha value is -4.04. The molecule has 0 bridgehead atoms. The van der Waals surface area contributed by atoms with E-state index in [1.807, 2.05) is 0 Å². The third-order valence-corrected chi connectivity index (χ3v) is 5.15. The minimum Gasteiger partial charge on any atom is -0.872 e. The number of quaternary nitrogens is 1. The Morgan fingerprint density at radius 1 is 1.41 bits per heavy atom. The number of benzene rings is 1. The van der Waals surface area contributed by atoms with Crippen LogP contribution < -0.4 is 21.2 Å². The number of phenolic OH excluding ortho intramolecular Hbond substituents is 1. The second kappa shape index (κ2) is 8.99. The molecule has 1 aliphatic rings. The molecule has 0 spiro atoms. The number of nitrogens with one attached hydrogen (secondary N) is 2. The second-order valence-corrected chi connectivity index (χ2v) is 7.42. The number of carbonyl (C=O) groups is 1. The Bertz CT molecular complexity index is 1130. The number of aromatic nitrogens is 5. The summed E-state index contributed by atoms with van der Waals surface area (Å²) in [5, 5.41) is 40.3. The van der Waals surface area contributed by atoms with Gasteiger partial charge in [-0.05, 0) is 35.1 Å². The van der Waals surface area contributed by atoms with Crippen molar-refractivity contribution in [3.8, 4) is 17.3 Å². The molecule has 0 saturated carbocycles. The van der Waals surface area contributed by atoms with Crippen LogP contribution in [0.2, 0.25) is 0 Å². The molecule has 14 nitrogen and oxygen atoms in total. The lowest BCUT2D eigenvalue weighted by Gasteiger charge is -2.29. The number of anilines is 1. The van der Waals surface area contributed by atoms with Crippen LogP contribution in [-0.4, -0.2) is 80.7 Å². The average Bonchev–Trinajstić information content (AvgIpc) is 3.37. The Balaban J connectivity index is 1.56. The van der Waals surface area contributed by atoms with Crippen LogP contribution in [0.25, 0.3) is 5.82 Å². The van der Waals surface area contributed by atoms with Crippen molar-refractivity contribution in [2.24, 2.45) is 5.10 Å². The third-order valence-electron chi connectivity index (χ3n) is 5.15. The molecule has 1 saturated heterocycles. The van der Waals surface area contributed by atoms with Crippen molar-refractivity contribution >= 4 is 17.9 Å². The summed E-state index contributed by atoms with van der Waals surface area (Å²) in [5.74, 6) is -1.03. The number of nitrogens with zero attached hydrogens (tertiary/aromatic N) is 7. The average molecular weight is 442 g/mol. The van der Waals surface area contributed by atoms with Gasteiger partial charge in [-0.3, -0.25) is 9.69 Å². The molecule has 168 valence electrons. The van der Waals surface area contributed by atoms with E-state index in [0.717, 1.165) is 32.2 Å². The SMILES string of the molecule is CN1CC[NH+](Cc2c(C(=O)N/N=C/c3ccc(O)cc3[O-])nnn2-c2nonc2N)CC1. The van der Waals surface area contributed by atoms with E-state index in [9.17, 15) is 15.0 Å². The Morgan fingerprint density at radius 3 is 2.88 bits per heavy atom. The standard InChI is InChI=1S/C18H22N10O4/c1-26-4-6-27(7-5-26)10-13-15(21-25-28(13)17-16(19)23-32-24-17)18(31)22-20-9-11-2-3-12(29)8-14(11)30/h2-3,8-9,29-30H,4-7,10H2,1H3,(H2,19,23)(H,22,31)/b20-9+. The number of rotatable bonds is 6. The van der Waals surface area contributed by atoms with Gasteiger partial charge in [0.1, 0.15) is 18.0 Å². The molecule has 0 unspecified atom stereocenters. The molecule has 32 heavy (non-hydrogen) atoms. The molecule has 4 rings (SSSR count). The van der Waals surface area contributed by atoms with Crippen molar-refractivity contribution in [1.29, 1.82) is 0 Å². The number of piperazine rings is 1. The predicted octanol–water partition coefficient (Wildman–Crippen LogP) is -2.89. The highest BCUT2D eigenvalue weighted by molar-refractivity contribution is 5.94. The van der Waals surface area contributed by atoms with Crippen molar-refractivity contribution in [2.75, 3.05) is 39.0 Å². The third kappa shape index (κ3) is 4.50. The molecule has 1 fully saturated rings. The topological polar surface area (TPSA) is 188 Å². The smallest absolute Gasteiger partial charge is 0.294 e. The van der Waals surface area contributed by atoms with Crippen molar-refractivity contribution in [1.82, 2.24) is 35.6 Å². The first-order valence-corrected chi connectivity index (χ1v) is 9.81. The van der Waals surface area contributed by atoms with Crippen LogP contribution in [0.5, 0.6) is 11.5 Å². The lowest BCUT2D eigenvalue weighted by atomic mass is 10.2. The zero-order valence-electron chi connectivity index (χ0n) is 17.2. The van der Waals surface area contributed by atoms with E-state index in [1.54, 1.807) is 0 Å². The number of hydrogen-bond acceptors (Lipinski definition) is 11. The number of likely N-dealkylation sites (N-methyl/N-ethyl adjacent to an activating group) is 1. The van der Waals surface area contributed by atoms with E-state index in [4.69, 9.17) is 5.73 Å². The minimum absolute atomic E-state index is 0.0183. The van der Waals surface area contributed by atoms with E-state index < -0.39 is 11.7 Å². The summed E-state index contributed by atoms with van der Waals surface area (Å²) in [5.41, 5.74) is 8.89. The molecular formula is C18H22N10O4. The number of nitrogens with two attached hydrogens (primary N) is 1. The second-order valence-electron chi connectivity index (χ2n) is 7.42. The summed E-state index contributed by atoms with van der Waals surface area (Å²) in [6.07, 6.45) is 1.19. The number of nitrogen functional groups attached to an aromatic ring is 1. The number of phenols is 1. The number of aromatic hydroxyl groups is 1. The van der Waals surface area contributed by atoms with Crippen LogP contribution >= 0.6 is 0 Å². The maximum atomic E-state index is 12.8. The highest BCUT2D eigenvalue weighted by atomic mass is 16.6. The molecule has 14 heteroatoms. The summed E-state index contributed by atoms with van der Waals surface area (Å²) in [6, 6.07) is 3.80. The molecule has 0 aliphatic carbocycles. The summed E-state index contributed by atoms with van der Waals surface area (Å²) < 4.78 is 6.00. The quantitative estimate of drug-likeness (QED) is 0.228. The fourth-order valence-corrected chi connectivity index (χ4v) is 3.34. The summed E-state index contributed by atoms with van der Waals surface area (Å²) in [4.78, 5) is 16.3. The maximum absolute atomic E-state index is 12.8. The van der Waals surface area contributed by atoms with Crippen LogP contribution in [-0.2, 0) is 6.54 Å². The first-order valence-electron chi connectivity index (χ1n) is 9.81. The first-order chi connectivity index (χ1) is 15.4. The van der Waals surface area contributed by atoms with Gasteiger partial charge in [-0.25, -0.2) is 10.1 Å². The zero-order chi connectivity index (χ0) is 22.7. The van der Waals surface area contributed by atoms with E-state index in [2.05, 4.69) is 47.7 Å². The normalized spacial score (nSPS) is 15.4. The van der Waals surface area contributed by atoms with E-state index in [0.29, 0.717) is 12.2 Å². The molecular weight excluding hydrogens is 420 g/mol. The number of amides is 1. The van der Waals surface area contributed by atoms with Crippen molar-refractivity contribution in [3.63, 3.8) is 0 Å². The molecule has 5 N–H and O–H groups in total. The molecule has 1 aromatic carbocycles. The zero-order valence-corrected chi connectivity index (χ0v) is 17.2. The van der Waals surface area contributed by atoms with Gasteiger partial charge < -0.3 is 20.8 Å². The molecule has 3 aromatic rings. The number of hydrazone groups is 1. The minimum atomic E-state index is -0.614. The van der Waals surface area contributed by atoms with Crippen LogP contribution in [0.4, 0.5) is 5.82 Å². The molecule has 0 atom stereocenters. The Labute approximate surface area is 181 Å². The molecule has 0 radical (unpaired) electrons. The summed E-state index contributed by atoms with van der Waals surface area (Å²) >= 11 is 0. The van der Waals surface area contributed by atoms with Gasteiger partial charge in [-0.15, -0.1) is 5.10 Å². The van der Waals surface area contributed by atoms with Crippen molar-refractivity contribution in [2.45, 2.75) is 6.54 Å². The first kappa shape index (κ1) is 21.2. The van der Waals surface area contributed by atoms with Gasteiger partial charge in [0.25, 0.3) is 5.91 Å². The lowest BCUT2D eigenvalue weighted by Crippen LogP contribution is -3.13. The van der Waals surface area contributed by atoms with Gasteiger partial charge in [0.15, 0.2) is 5.69 Å². The Morgan fingerprint density at radius 2 is 2.19 bits per heavy atom. The van der Waals surface area contributed by atoms with Crippen LogP contribution in [0.3, 0.4) is 0 Å². The van der Waals surface area contributed by atoms with Crippen LogP contribution in [0, 0.1) is 0 Å². The van der Waals surface area contributed by atoms with Crippen LogP contribution in [0.1, 0.15) is 21.7 Å². The molecule has 3 heterocycles. The largest absolute Gasteiger partial charge is 0.872 e. The maximum Gasteiger partial charge on any atom is 0.294 e. The Kier molecular flexibility index (Phi) is 5.96. The van der Waals surface area contributed by atoms with Gasteiger partial charge in [0.2, 0.25) is 11.6 Å². The number of hydrogen-bond donors (Lipinski definition) is 4. The molecule has 1 amide bonds. The summed E-state index contributed by atoms with van der Waals surface area (Å²) in [6.45, 7) is 4.03. The predicted molar refractivity (Wildman–Crippen MR) is 108 cm³/mol.